The van der Waals surface area contributed by atoms with E-state index in [0.717, 1.165) is 25.7 Å². The van der Waals surface area contributed by atoms with Gasteiger partial charge in [-0.05, 0) is 59.3 Å². The van der Waals surface area contributed by atoms with Gasteiger partial charge < -0.3 is 5.73 Å². The minimum absolute atomic E-state index is 0.307. The van der Waals surface area contributed by atoms with Crippen LogP contribution >= 0.6 is 15.9 Å². The SMILES string of the molecule is CCC1CCCN(S(=O)(=O)c2ccc(N)cc2Br)CC1. The third kappa shape index (κ3) is 3.35. The number of benzene rings is 1. The Kier molecular flexibility index (Phi) is 5.09. The molecule has 1 saturated heterocycles. The average molecular weight is 361 g/mol. The van der Waals surface area contributed by atoms with Crippen molar-refractivity contribution in [1.29, 1.82) is 0 Å². The van der Waals surface area contributed by atoms with Gasteiger partial charge in [-0.3, -0.25) is 0 Å². The lowest BCUT2D eigenvalue weighted by Crippen LogP contribution is -2.32. The molecule has 1 aromatic rings. The molecule has 1 aromatic carbocycles. The smallest absolute Gasteiger partial charge is 0.244 e. The topological polar surface area (TPSA) is 63.4 Å². The minimum Gasteiger partial charge on any atom is -0.399 e. The lowest BCUT2D eigenvalue weighted by molar-refractivity contribution is 0.407. The predicted molar refractivity (Wildman–Crippen MR) is 84.9 cm³/mol. The molecule has 0 amide bonds. The zero-order chi connectivity index (χ0) is 14.8. The monoisotopic (exact) mass is 360 g/mol. The van der Waals surface area contributed by atoms with Crippen LogP contribution in [-0.2, 0) is 10.0 Å². The van der Waals surface area contributed by atoms with E-state index in [1.54, 1.807) is 22.5 Å². The van der Waals surface area contributed by atoms with E-state index in [-0.39, 0.29) is 0 Å². The highest BCUT2D eigenvalue weighted by Crippen LogP contribution is 2.29. The number of hydrogen-bond donors (Lipinski definition) is 1. The second kappa shape index (κ2) is 6.45. The number of sulfonamides is 1. The number of hydrogen-bond acceptors (Lipinski definition) is 3. The highest BCUT2D eigenvalue weighted by Gasteiger charge is 2.28. The Labute approximate surface area is 129 Å². The molecule has 1 fully saturated rings. The van der Waals surface area contributed by atoms with Crippen LogP contribution in [0.15, 0.2) is 27.6 Å². The Balaban J connectivity index is 2.25. The van der Waals surface area contributed by atoms with E-state index in [9.17, 15) is 8.42 Å². The van der Waals surface area contributed by atoms with Gasteiger partial charge in [0.1, 0.15) is 0 Å². The summed E-state index contributed by atoms with van der Waals surface area (Å²) in [6.07, 6.45) is 4.12. The van der Waals surface area contributed by atoms with E-state index < -0.39 is 10.0 Å². The van der Waals surface area contributed by atoms with Gasteiger partial charge in [0.25, 0.3) is 0 Å². The summed E-state index contributed by atoms with van der Waals surface area (Å²) in [6.45, 7) is 3.39. The molecule has 2 N–H and O–H groups in total. The maximum atomic E-state index is 12.7. The largest absolute Gasteiger partial charge is 0.399 e. The molecule has 0 aromatic heterocycles. The number of anilines is 1. The van der Waals surface area contributed by atoms with E-state index >= 15 is 0 Å². The van der Waals surface area contributed by atoms with E-state index in [1.807, 2.05) is 0 Å². The summed E-state index contributed by atoms with van der Waals surface area (Å²) in [6, 6.07) is 4.85. The predicted octanol–water partition coefficient (Wildman–Crippen LogP) is 3.23. The molecule has 1 heterocycles. The lowest BCUT2D eigenvalue weighted by atomic mass is 9.98. The molecular weight excluding hydrogens is 340 g/mol. The number of nitrogen functional groups attached to an aromatic ring is 1. The maximum absolute atomic E-state index is 12.7. The van der Waals surface area contributed by atoms with Gasteiger partial charge in [0.2, 0.25) is 10.0 Å². The molecule has 0 aliphatic carbocycles. The molecule has 2 rings (SSSR count). The van der Waals surface area contributed by atoms with Crippen molar-refractivity contribution in [3.05, 3.63) is 22.7 Å². The van der Waals surface area contributed by atoms with E-state index in [0.29, 0.717) is 34.1 Å². The van der Waals surface area contributed by atoms with Crippen molar-refractivity contribution in [1.82, 2.24) is 4.31 Å². The Morgan fingerprint density at radius 1 is 1.35 bits per heavy atom. The van der Waals surface area contributed by atoms with Gasteiger partial charge in [-0.25, -0.2) is 8.42 Å². The van der Waals surface area contributed by atoms with Crippen LogP contribution in [0.4, 0.5) is 5.69 Å². The van der Waals surface area contributed by atoms with Crippen molar-refractivity contribution in [3.63, 3.8) is 0 Å². The Morgan fingerprint density at radius 3 is 2.75 bits per heavy atom. The van der Waals surface area contributed by atoms with Crippen LogP contribution in [0.1, 0.15) is 32.6 Å². The average Bonchev–Trinajstić information content (AvgIpc) is 2.63. The summed E-state index contributed by atoms with van der Waals surface area (Å²) in [4.78, 5) is 0.307. The molecule has 1 atom stereocenters. The van der Waals surface area contributed by atoms with Crippen molar-refractivity contribution in [3.8, 4) is 0 Å². The number of nitrogens with two attached hydrogens (primary N) is 1. The number of rotatable bonds is 3. The first kappa shape index (κ1) is 15.8. The van der Waals surface area contributed by atoms with Crippen LogP contribution in [-0.4, -0.2) is 25.8 Å². The second-order valence-corrected chi connectivity index (χ2v) is 8.06. The van der Waals surface area contributed by atoms with Crippen molar-refractivity contribution in [2.75, 3.05) is 18.8 Å². The number of halogens is 1. The first-order valence-corrected chi connectivity index (χ1v) is 9.23. The molecule has 0 spiro atoms. The summed E-state index contributed by atoms with van der Waals surface area (Å²) >= 11 is 3.31. The highest BCUT2D eigenvalue weighted by molar-refractivity contribution is 9.10. The highest BCUT2D eigenvalue weighted by atomic mass is 79.9. The molecule has 1 aliphatic heterocycles. The quantitative estimate of drug-likeness (QED) is 0.841. The van der Waals surface area contributed by atoms with Crippen molar-refractivity contribution >= 4 is 31.6 Å². The van der Waals surface area contributed by atoms with Crippen LogP contribution in [0.3, 0.4) is 0 Å². The summed E-state index contributed by atoms with van der Waals surface area (Å²) in [5, 5.41) is 0. The van der Waals surface area contributed by atoms with Crippen molar-refractivity contribution in [2.45, 2.75) is 37.5 Å². The standard InChI is InChI=1S/C14H21BrN2O2S/c1-2-11-4-3-8-17(9-7-11)20(18,19)14-6-5-12(16)10-13(14)15/h5-6,10-11H,2-4,7-9,16H2,1H3. The van der Waals surface area contributed by atoms with Crippen LogP contribution in [0.5, 0.6) is 0 Å². The van der Waals surface area contributed by atoms with Crippen LogP contribution in [0.25, 0.3) is 0 Å². The van der Waals surface area contributed by atoms with Gasteiger partial charge in [-0.1, -0.05) is 13.3 Å². The zero-order valence-corrected chi connectivity index (χ0v) is 14.1. The molecule has 0 saturated carbocycles. The molecular formula is C14H21BrN2O2S. The van der Waals surface area contributed by atoms with Crippen LogP contribution in [0, 0.1) is 5.92 Å². The Bertz CT molecular complexity index is 575. The number of nitrogens with zero attached hydrogens (tertiary/aromatic N) is 1. The van der Waals surface area contributed by atoms with E-state index in [2.05, 4.69) is 22.9 Å². The summed E-state index contributed by atoms with van der Waals surface area (Å²) < 4.78 is 27.6. The van der Waals surface area contributed by atoms with Crippen molar-refractivity contribution < 1.29 is 8.42 Å². The third-order valence-electron chi connectivity index (χ3n) is 3.96. The molecule has 1 unspecified atom stereocenters. The minimum atomic E-state index is -3.43. The fourth-order valence-corrected chi connectivity index (χ4v) is 5.20. The van der Waals surface area contributed by atoms with E-state index in [1.165, 1.54) is 0 Å². The molecule has 0 radical (unpaired) electrons. The van der Waals surface area contributed by atoms with Crippen molar-refractivity contribution in [2.24, 2.45) is 5.92 Å². The Morgan fingerprint density at radius 2 is 2.10 bits per heavy atom. The van der Waals surface area contributed by atoms with Gasteiger partial charge in [-0.15, -0.1) is 0 Å². The molecule has 6 heteroatoms. The zero-order valence-electron chi connectivity index (χ0n) is 11.7. The van der Waals surface area contributed by atoms with Crippen LogP contribution in [0.2, 0.25) is 0 Å². The molecule has 1 aliphatic rings. The van der Waals surface area contributed by atoms with Gasteiger partial charge in [0, 0.05) is 23.2 Å². The van der Waals surface area contributed by atoms with Gasteiger partial charge in [0.05, 0.1) is 4.90 Å². The van der Waals surface area contributed by atoms with E-state index in [4.69, 9.17) is 5.73 Å². The Hall–Kier alpha value is -0.590. The summed E-state index contributed by atoms with van der Waals surface area (Å²) in [5.74, 6) is 0.644. The third-order valence-corrected chi connectivity index (χ3v) is 6.83. The van der Waals surface area contributed by atoms with Crippen LogP contribution < -0.4 is 5.73 Å². The molecule has 4 nitrogen and oxygen atoms in total. The molecule has 112 valence electrons. The summed E-state index contributed by atoms with van der Waals surface area (Å²) in [7, 11) is -3.43. The van der Waals surface area contributed by atoms with Gasteiger partial charge in [-0.2, -0.15) is 4.31 Å². The normalized spacial score (nSPS) is 21.6. The van der Waals surface area contributed by atoms with Gasteiger partial charge >= 0.3 is 0 Å². The first-order valence-electron chi connectivity index (χ1n) is 7.00. The summed E-state index contributed by atoms with van der Waals surface area (Å²) in [5.41, 5.74) is 6.23. The first-order chi connectivity index (χ1) is 9.45. The maximum Gasteiger partial charge on any atom is 0.244 e. The fraction of sp³-hybridized carbons (Fsp3) is 0.571. The lowest BCUT2D eigenvalue weighted by Gasteiger charge is -2.21. The molecule has 20 heavy (non-hydrogen) atoms. The fourth-order valence-electron chi connectivity index (χ4n) is 2.65. The van der Waals surface area contributed by atoms with Gasteiger partial charge in [0.15, 0.2) is 0 Å². The second-order valence-electron chi connectivity index (χ2n) is 5.30. The molecule has 0 bridgehead atoms.